The third kappa shape index (κ3) is 3.62. The van der Waals surface area contributed by atoms with E-state index in [0.717, 1.165) is 5.56 Å². The maximum absolute atomic E-state index is 10.9. The van der Waals surface area contributed by atoms with Gasteiger partial charge in [-0.25, -0.2) is 0 Å². The molecule has 0 aliphatic carbocycles. The smallest absolute Gasteiger partial charge is 0.294 e. The zero-order chi connectivity index (χ0) is 15.4. The maximum atomic E-state index is 10.9. The second-order valence-electron chi connectivity index (χ2n) is 4.48. The van der Waals surface area contributed by atoms with Crippen LogP contribution in [0, 0.1) is 17.0 Å². The van der Waals surface area contributed by atoms with Gasteiger partial charge in [0.05, 0.1) is 9.95 Å². The SMILES string of the molecule is Cc1ccc(OCc2ccc(NN)c([N+](=O)[O-])c2)c(Cl)c1. The van der Waals surface area contributed by atoms with Crippen LogP contribution in [0.5, 0.6) is 5.75 Å². The van der Waals surface area contributed by atoms with Gasteiger partial charge in [-0.2, -0.15) is 0 Å². The van der Waals surface area contributed by atoms with Gasteiger partial charge < -0.3 is 10.2 Å². The Hall–Kier alpha value is -2.31. The number of anilines is 1. The predicted molar refractivity (Wildman–Crippen MR) is 81.4 cm³/mol. The predicted octanol–water partition coefficient (Wildman–Crippen LogP) is 3.42. The standard InChI is InChI=1S/C14H14ClN3O3/c1-9-2-5-14(11(15)6-9)21-8-10-3-4-12(17-16)13(7-10)18(19)20/h2-7,17H,8,16H2,1H3. The van der Waals surface area contributed by atoms with E-state index in [9.17, 15) is 10.1 Å². The summed E-state index contributed by atoms with van der Waals surface area (Å²) in [6, 6.07) is 10.1. The molecule has 0 spiro atoms. The van der Waals surface area contributed by atoms with E-state index in [-0.39, 0.29) is 18.0 Å². The molecule has 110 valence electrons. The Morgan fingerprint density at radius 3 is 2.71 bits per heavy atom. The summed E-state index contributed by atoms with van der Waals surface area (Å²) in [6.07, 6.45) is 0. The molecule has 0 fully saturated rings. The summed E-state index contributed by atoms with van der Waals surface area (Å²) >= 11 is 6.07. The minimum absolute atomic E-state index is 0.103. The summed E-state index contributed by atoms with van der Waals surface area (Å²) in [6.45, 7) is 2.10. The van der Waals surface area contributed by atoms with Crippen LogP contribution in [-0.2, 0) is 6.61 Å². The van der Waals surface area contributed by atoms with E-state index in [1.165, 1.54) is 12.1 Å². The first-order valence-corrected chi connectivity index (χ1v) is 6.52. The molecule has 3 N–H and O–H groups in total. The van der Waals surface area contributed by atoms with E-state index in [4.69, 9.17) is 22.2 Å². The number of aryl methyl sites for hydroxylation is 1. The average Bonchev–Trinajstić information content (AvgIpc) is 2.46. The third-order valence-electron chi connectivity index (χ3n) is 2.90. The van der Waals surface area contributed by atoms with Crippen molar-refractivity contribution in [3.63, 3.8) is 0 Å². The Kier molecular flexibility index (Phi) is 4.62. The van der Waals surface area contributed by atoms with E-state index in [2.05, 4.69) is 5.43 Å². The topological polar surface area (TPSA) is 90.4 Å². The lowest BCUT2D eigenvalue weighted by Gasteiger charge is -2.09. The first kappa shape index (κ1) is 15.1. The molecule has 21 heavy (non-hydrogen) atoms. The molecule has 0 radical (unpaired) electrons. The molecule has 0 atom stereocenters. The van der Waals surface area contributed by atoms with Gasteiger partial charge >= 0.3 is 0 Å². The van der Waals surface area contributed by atoms with Gasteiger partial charge in [-0.15, -0.1) is 0 Å². The van der Waals surface area contributed by atoms with Crippen molar-refractivity contribution in [2.75, 3.05) is 5.43 Å². The zero-order valence-electron chi connectivity index (χ0n) is 11.3. The number of benzene rings is 2. The number of nitrogens with zero attached hydrogens (tertiary/aromatic N) is 1. The Morgan fingerprint density at radius 2 is 2.10 bits per heavy atom. The summed E-state index contributed by atoms with van der Waals surface area (Å²) < 4.78 is 5.58. The summed E-state index contributed by atoms with van der Waals surface area (Å²) in [7, 11) is 0. The molecule has 0 aliphatic rings. The second-order valence-corrected chi connectivity index (χ2v) is 4.88. The number of hydrazine groups is 1. The largest absolute Gasteiger partial charge is 0.487 e. The molecular weight excluding hydrogens is 294 g/mol. The minimum atomic E-state index is -0.502. The molecule has 0 saturated heterocycles. The molecule has 0 aliphatic heterocycles. The van der Waals surface area contributed by atoms with Gasteiger partial charge in [-0.3, -0.25) is 16.0 Å². The van der Waals surface area contributed by atoms with Gasteiger partial charge in [0.2, 0.25) is 0 Å². The van der Waals surface area contributed by atoms with Gasteiger partial charge in [0, 0.05) is 6.07 Å². The monoisotopic (exact) mass is 307 g/mol. The normalized spacial score (nSPS) is 10.2. The molecule has 0 saturated carbocycles. The van der Waals surface area contributed by atoms with Crippen LogP contribution < -0.4 is 16.0 Å². The molecular formula is C14H14ClN3O3. The van der Waals surface area contributed by atoms with Gasteiger partial charge in [0.25, 0.3) is 5.69 Å². The van der Waals surface area contributed by atoms with Crippen molar-refractivity contribution in [3.05, 3.63) is 62.7 Å². The first-order chi connectivity index (χ1) is 10.0. The molecule has 6 nitrogen and oxygen atoms in total. The Morgan fingerprint density at radius 1 is 1.33 bits per heavy atom. The van der Waals surface area contributed by atoms with Crippen molar-refractivity contribution >= 4 is 23.0 Å². The first-order valence-electron chi connectivity index (χ1n) is 6.14. The number of nitrogens with two attached hydrogens (primary N) is 1. The van der Waals surface area contributed by atoms with E-state index in [1.807, 2.05) is 13.0 Å². The fraction of sp³-hybridized carbons (Fsp3) is 0.143. The van der Waals surface area contributed by atoms with Crippen molar-refractivity contribution < 1.29 is 9.66 Å². The van der Waals surface area contributed by atoms with Crippen LogP contribution in [0.3, 0.4) is 0 Å². The molecule has 2 aromatic rings. The molecule has 0 unspecified atom stereocenters. The summed E-state index contributed by atoms with van der Waals surface area (Å²) in [5.74, 6) is 5.77. The number of nitrogens with one attached hydrogen (secondary N) is 1. The van der Waals surface area contributed by atoms with E-state index in [1.54, 1.807) is 18.2 Å². The van der Waals surface area contributed by atoms with Gasteiger partial charge in [0.1, 0.15) is 18.0 Å². The second kappa shape index (κ2) is 6.43. The summed E-state index contributed by atoms with van der Waals surface area (Å²) in [5.41, 5.74) is 4.11. The summed E-state index contributed by atoms with van der Waals surface area (Å²) in [5, 5.41) is 11.5. The highest BCUT2D eigenvalue weighted by atomic mass is 35.5. The van der Waals surface area contributed by atoms with Crippen molar-refractivity contribution in [1.82, 2.24) is 0 Å². The average molecular weight is 308 g/mol. The van der Waals surface area contributed by atoms with Crippen molar-refractivity contribution in [2.45, 2.75) is 13.5 Å². The minimum Gasteiger partial charge on any atom is -0.487 e. The van der Waals surface area contributed by atoms with Gasteiger partial charge in [-0.1, -0.05) is 23.7 Å². The molecule has 0 bridgehead atoms. The van der Waals surface area contributed by atoms with Crippen molar-refractivity contribution in [2.24, 2.45) is 5.84 Å². The van der Waals surface area contributed by atoms with Crippen LogP contribution in [0.15, 0.2) is 36.4 Å². The molecule has 0 aromatic heterocycles. The quantitative estimate of drug-likeness (QED) is 0.502. The highest BCUT2D eigenvalue weighted by Crippen LogP contribution is 2.28. The zero-order valence-corrected chi connectivity index (χ0v) is 12.1. The van der Waals surface area contributed by atoms with E-state index in [0.29, 0.717) is 16.3 Å². The van der Waals surface area contributed by atoms with Gasteiger partial charge in [0.15, 0.2) is 0 Å². The Bertz CT molecular complexity index is 677. The lowest BCUT2D eigenvalue weighted by atomic mass is 10.2. The fourth-order valence-electron chi connectivity index (χ4n) is 1.82. The van der Waals surface area contributed by atoms with Crippen LogP contribution >= 0.6 is 11.6 Å². The number of rotatable bonds is 5. The Labute approximate surface area is 126 Å². The van der Waals surface area contributed by atoms with Crippen LogP contribution in [0.25, 0.3) is 0 Å². The lowest BCUT2D eigenvalue weighted by Crippen LogP contribution is -2.09. The number of hydrogen-bond donors (Lipinski definition) is 2. The fourth-order valence-corrected chi connectivity index (χ4v) is 2.11. The Balaban J connectivity index is 2.16. The third-order valence-corrected chi connectivity index (χ3v) is 3.19. The number of nitrogen functional groups attached to an aromatic ring is 1. The number of nitro benzene ring substituents is 1. The van der Waals surface area contributed by atoms with Crippen LogP contribution in [-0.4, -0.2) is 4.92 Å². The van der Waals surface area contributed by atoms with Crippen molar-refractivity contribution in [3.8, 4) is 5.75 Å². The summed E-state index contributed by atoms with van der Waals surface area (Å²) in [4.78, 5) is 10.4. The van der Waals surface area contributed by atoms with Crippen molar-refractivity contribution in [1.29, 1.82) is 0 Å². The van der Waals surface area contributed by atoms with E-state index < -0.39 is 4.92 Å². The number of halogens is 1. The van der Waals surface area contributed by atoms with Crippen LogP contribution in [0.2, 0.25) is 5.02 Å². The number of ether oxygens (including phenoxy) is 1. The highest BCUT2D eigenvalue weighted by molar-refractivity contribution is 6.32. The van der Waals surface area contributed by atoms with Crippen LogP contribution in [0.4, 0.5) is 11.4 Å². The highest BCUT2D eigenvalue weighted by Gasteiger charge is 2.14. The molecule has 0 heterocycles. The molecule has 7 heteroatoms. The van der Waals surface area contributed by atoms with E-state index >= 15 is 0 Å². The lowest BCUT2D eigenvalue weighted by molar-refractivity contribution is -0.384. The maximum Gasteiger partial charge on any atom is 0.294 e. The molecule has 0 amide bonds. The van der Waals surface area contributed by atoms with Gasteiger partial charge in [-0.05, 0) is 36.2 Å². The molecule has 2 aromatic carbocycles. The number of hydrogen-bond acceptors (Lipinski definition) is 5. The van der Waals surface area contributed by atoms with Crippen LogP contribution in [0.1, 0.15) is 11.1 Å². The number of nitro groups is 1. The molecule has 2 rings (SSSR count).